The second-order valence-electron chi connectivity index (χ2n) is 7.51. The number of carbonyl (C=O) groups is 2. The Labute approximate surface area is 191 Å². The molecule has 2 heterocycles. The van der Waals surface area contributed by atoms with Crippen LogP contribution < -0.4 is 10.6 Å². The van der Waals surface area contributed by atoms with E-state index in [0.29, 0.717) is 35.5 Å². The van der Waals surface area contributed by atoms with Crippen molar-refractivity contribution in [1.29, 1.82) is 0 Å². The third-order valence-corrected chi connectivity index (χ3v) is 5.63. The molecule has 3 amide bonds. The fraction of sp³-hybridized carbons (Fsp3) is 0.348. The third-order valence-electron chi connectivity index (χ3n) is 4.79. The molecule has 0 aliphatic rings. The van der Waals surface area contributed by atoms with E-state index in [2.05, 4.69) is 29.5 Å². The third kappa shape index (κ3) is 6.66. The van der Waals surface area contributed by atoms with E-state index in [9.17, 15) is 9.59 Å². The summed E-state index contributed by atoms with van der Waals surface area (Å²) in [6, 6.07) is 11.1. The molecule has 0 aliphatic heterocycles. The molecule has 170 valence electrons. The highest BCUT2D eigenvalue weighted by atomic mass is 32.1. The first-order valence-electron chi connectivity index (χ1n) is 10.4. The summed E-state index contributed by atoms with van der Waals surface area (Å²) in [4.78, 5) is 31.2. The van der Waals surface area contributed by atoms with Crippen LogP contribution in [0.3, 0.4) is 0 Å². The molecular formula is C23H28N4O4S. The summed E-state index contributed by atoms with van der Waals surface area (Å²) in [5.41, 5.74) is 2.24. The average Bonchev–Trinajstić information content (AvgIpc) is 3.47. The number of urea groups is 1. The van der Waals surface area contributed by atoms with Crippen molar-refractivity contribution in [2.24, 2.45) is 0 Å². The largest absolute Gasteiger partial charge is 0.467 e. The number of carbonyl (C=O) groups excluding carboxylic acids is 2. The summed E-state index contributed by atoms with van der Waals surface area (Å²) in [7, 11) is 1.59. The average molecular weight is 457 g/mol. The van der Waals surface area contributed by atoms with Crippen molar-refractivity contribution in [1.82, 2.24) is 15.2 Å². The molecule has 0 spiro atoms. The number of furan rings is 1. The fourth-order valence-corrected chi connectivity index (χ4v) is 3.72. The highest BCUT2D eigenvalue weighted by Crippen LogP contribution is 2.18. The number of anilines is 1. The summed E-state index contributed by atoms with van der Waals surface area (Å²) in [6.07, 6.45) is 1.56. The monoisotopic (exact) mass is 456 g/mol. The molecule has 0 aliphatic carbocycles. The topological polar surface area (TPSA) is 96.7 Å². The molecule has 0 atom stereocenters. The first-order valence-corrected chi connectivity index (χ1v) is 11.2. The van der Waals surface area contributed by atoms with Gasteiger partial charge in [-0.15, -0.1) is 11.3 Å². The van der Waals surface area contributed by atoms with E-state index in [0.717, 1.165) is 5.69 Å². The lowest BCUT2D eigenvalue weighted by Gasteiger charge is -2.22. The summed E-state index contributed by atoms with van der Waals surface area (Å²) in [5, 5.41) is 8.04. The second-order valence-corrected chi connectivity index (χ2v) is 8.45. The fourth-order valence-electron chi connectivity index (χ4n) is 2.93. The minimum absolute atomic E-state index is 0.252. The van der Waals surface area contributed by atoms with E-state index in [1.807, 2.05) is 24.3 Å². The van der Waals surface area contributed by atoms with Crippen molar-refractivity contribution >= 4 is 29.0 Å². The summed E-state index contributed by atoms with van der Waals surface area (Å²) >= 11 is 1.33. The van der Waals surface area contributed by atoms with Crippen LogP contribution in [-0.4, -0.2) is 42.1 Å². The quantitative estimate of drug-likeness (QED) is 0.469. The Morgan fingerprint density at radius 1 is 1.22 bits per heavy atom. The van der Waals surface area contributed by atoms with Gasteiger partial charge in [-0.25, -0.2) is 9.78 Å². The van der Waals surface area contributed by atoms with Crippen LogP contribution in [0.4, 0.5) is 10.5 Å². The zero-order valence-electron chi connectivity index (χ0n) is 18.5. The zero-order chi connectivity index (χ0) is 22.9. The van der Waals surface area contributed by atoms with Crippen LogP contribution in [0, 0.1) is 0 Å². The lowest BCUT2D eigenvalue weighted by molar-refractivity contribution is 0.0943. The van der Waals surface area contributed by atoms with Gasteiger partial charge in [0.15, 0.2) is 0 Å². The van der Waals surface area contributed by atoms with E-state index in [4.69, 9.17) is 9.15 Å². The predicted molar refractivity (Wildman–Crippen MR) is 124 cm³/mol. The number of nitrogens with one attached hydrogen (secondary N) is 2. The van der Waals surface area contributed by atoms with Gasteiger partial charge in [-0.3, -0.25) is 4.79 Å². The van der Waals surface area contributed by atoms with E-state index in [-0.39, 0.29) is 25.0 Å². The molecule has 32 heavy (non-hydrogen) atoms. The summed E-state index contributed by atoms with van der Waals surface area (Å²) in [5.74, 6) is 0.799. The van der Waals surface area contributed by atoms with Crippen LogP contribution >= 0.6 is 11.3 Å². The molecule has 2 N–H and O–H groups in total. The lowest BCUT2D eigenvalue weighted by Crippen LogP contribution is -2.36. The molecule has 0 saturated heterocycles. The van der Waals surface area contributed by atoms with Gasteiger partial charge < -0.3 is 24.7 Å². The maximum Gasteiger partial charge on any atom is 0.322 e. The van der Waals surface area contributed by atoms with E-state index in [1.54, 1.807) is 35.8 Å². The van der Waals surface area contributed by atoms with Gasteiger partial charge >= 0.3 is 6.03 Å². The van der Waals surface area contributed by atoms with Gasteiger partial charge in [0.2, 0.25) is 0 Å². The van der Waals surface area contributed by atoms with Gasteiger partial charge in [-0.1, -0.05) is 26.0 Å². The minimum Gasteiger partial charge on any atom is -0.467 e. The molecule has 8 nitrogen and oxygen atoms in total. The van der Waals surface area contributed by atoms with Gasteiger partial charge in [-0.05, 0) is 35.7 Å². The van der Waals surface area contributed by atoms with Crippen LogP contribution in [0.1, 0.15) is 46.6 Å². The lowest BCUT2D eigenvalue weighted by atomic mass is 10.0. The van der Waals surface area contributed by atoms with Crippen LogP contribution in [0.15, 0.2) is 52.5 Å². The van der Waals surface area contributed by atoms with Gasteiger partial charge in [0.25, 0.3) is 5.91 Å². The molecule has 0 bridgehead atoms. The van der Waals surface area contributed by atoms with Crippen LogP contribution in [0.2, 0.25) is 0 Å². The van der Waals surface area contributed by atoms with Crippen molar-refractivity contribution in [3.05, 3.63) is 70.1 Å². The number of benzene rings is 1. The van der Waals surface area contributed by atoms with Crippen LogP contribution in [0.5, 0.6) is 0 Å². The zero-order valence-corrected chi connectivity index (χ0v) is 19.3. The first kappa shape index (κ1) is 23.5. The number of methoxy groups -OCH3 is 1. The maximum absolute atomic E-state index is 12.9. The summed E-state index contributed by atoms with van der Waals surface area (Å²) in [6.45, 7) is 5.60. The first-order chi connectivity index (χ1) is 15.5. The Morgan fingerprint density at radius 3 is 2.66 bits per heavy atom. The number of thiazole rings is 1. The van der Waals surface area contributed by atoms with Gasteiger partial charge in [0.1, 0.15) is 16.5 Å². The smallest absolute Gasteiger partial charge is 0.322 e. The highest BCUT2D eigenvalue weighted by molar-refractivity contribution is 7.09. The second kappa shape index (κ2) is 11.4. The predicted octanol–water partition coefficient (Wildman–Crippen LogP) is 4.47. The van der Waals surface area contributed by atoms with E-state index < -0.39 is 0 Å². The van der Waals surface area contributed by atoms with Gasteiger partial charge in [-0.2, -0.15) is 0 Å². The molecule has 0 unspecified atom stereocenters. The maximum atomic E-state index is 12.9. The number of amides is 3. The van der Waals surface area contributed by atoms with Crippen LogP contribution in [-0.2, 0) is 17.8 Å². The van der Waals surface area contributed by atoms with Crippen molar-refractivity contribution < 1.29 is 18.7 Å². The van der Waals surface area contributed by atoms with E-state index >= 15 is 0 Å². The number of hydrogen-bond acceptors (Lipinski definition) is 6. The molecular weight excluding hydrogens is 428 g/mol. The molecule has 2 aromatic heterocycles. The number of hydrogen-bond donors (Lipinski definition) is 2. The normalized spacial score (nSPS) is 10.9. The van der Waals surface area contributed by atoms with E-state index in [1.165, 1.54) is 16.9 Å². The molecule has 0 saturated carbocycles. The Balaban J connectivity index is 1.60. The molecule has 0 fully saturated rings. The van der Waals surface area contributed by atoms with Crippen molar-refractivity contribution in [2.45, 2.75) is 32.9 Å². The van der Waals surface area contributed by atoms with Crippen molar-refractivity contribution in [3.8, 4) is 0 Å². The Bertz CT molecular complexity index is 999. The van der Waals surface area contributed by atoms with Gasteiger partial charge in [0, 0.05) is 24.7 Å². The molecule has 0 radical (unpaired) electrons. The molecule has 9 heteroatoms. The molecule has 1 aromatic carbocycles. The molecule has 3 rings (SSSR count). The standard InChI is InChI=1S/C23H28N4O4S/c1-16(2)17-6-8-18(9-7-17)25-23(29)27(10-12-30-3)14-21-26-20(15-32-21)22(28)24-13-19-5-4-11-31-19/h4-9,11,15-16H,10,12-14H2,1-3H3,(H,24,28)(H,25,29). The molecule has 3 aromatic rings. The minimum atomic E-state index is -0.290. The number of aromatic nitrogens is 1. The van der Waals surface area contributed by atoms with Crippen molar-refractivity contribution in [3.63, 3.8) is 0 Å². The Morgan fingerprint density at radius 2 is 2.00 bits per heavy atom. The Kier molecular flexibility index (Phi) is 8.41. The number of nitrogens with zero attached hydrogens (tertiary/aromatic N) is 2. The van der Waals surface area contributed by atoms with Crippen LogP contribution in [0.25, 0.3) is 0 Å². The summed E-state index contributed by atoms with van der Waals surface area (Å²) < 4.78 is 10.4. The highest BCUT2D eigenvalue weighted by Gasteiger charge is 2.18. The number of rotatable bonds is 10. The van der Waals surface area contributed by atoms with Gasteiger partial charge in [0.05, 0.1) is 26.0 Å². The number of ether oxygens (including phenoxy) is 1. The Hall–Kier alpha value is -3.17. The SMILES string of the molecule is COCCN(Cc1nc(C(=O)NCc2ccco2)cs1)C(=O)Nc1ccc(C(C)C)cc1. The van der Waals surface area contributed by atoms with Crippen molar-refractivity contribution in [2.75, 3.05) is 25.6 Å².